The second kappa shape index (κ2) is 7.25. The van der Waals surface area contributed by atoms with Crippen molar-refractivity contribution in [1.82, 2.24) is 24.6 Å². The topological polar surface area (TPSA) is 58.9 Å². The number of anilines is 1. The molecule has 0 unspecified atom stereocenters. The summed E-state index contributed by atoms with van der Waals surface area (Å²) < 4.78 is 1.90. The van der Waals surface area contributed by atoms with E-state index in [1.807, 2.05) is 41.5 Å². The van der Waals surface area contributed by atoms with Crippen molar-refractivity contribution in [1.29, 1.82) is 0 Å². The number of nitrogens with one attached hydrogen (secondary N) is 1. The lowest BCUT2D eigenvalue weighted by Gasteiger charge is -2.29. The van der Waals surface area contributed by atoms with Gasteiger partial charge in [0.05, 0.1) is 17.6 Å². The molecule has 1 aromatic carbocycles. The minimum absolute atomic E-state index is 0.441. The molecule has 0 bridgehead atoms. The maximum absolute atomic E-state index is 4.70. The largest absolute Gasteiger partial charge is 0.351 e. The van der Waals surface area contributed by atoms with Crippen LogP contribution < -0.4 is 5.32 Å². The Kier molecular flexibility index (Phi) is 4.67. The molecule has 3 heterocycles. The van der Waals surface area contributed by atoms with E-state index < -0.39 is 0 Å². The molecule has 6 heteroatoms. The van der Waals surface area contributed by atoms with Gasteiger partial charge in [-0.3, -0.25) is 0 Å². The van der Waals surface area contributed by atoms with Crippen LogP contribution in [0.3, 0.4) is 0 Å². The molecular formula is C20H24N6. The summed E-state index contributed by atoms with van der Waals surface area (Å²) in [7, 11) is 2.17. The van der Waals surface area contributed by atoms with Crippen LogP contribution in [0.4, 0.5) is 5.95 Å². The van der Waals surface area contributed by atoms with Gasteiger partial charge < -0.3 is 10.2 Å². The minimum atomic E-state index is 0.441. The molecule has 1 aliphatic heterocycles. The highest BCUT2D eigenvalue weighted by atomic mass is 15.3. The lowest BCUT2D eigenvalue weighted by atomic mass is 10.1. The quantitative estimate of drug-likeness (QED) is 0.785. The number of hydrogen-bond acceptors (Lipinski definition) is 5. The first-order valence-corrected chi connectivity index (χ1v) is 9.08. The van der Waals surface area contributed by atoms with Crippen LogP contribution in [0, 0.1) is 6.92 Å². The van der Waals surface area contributed by atoms with Crippen LogP contribution in [0.5, 0.6) is 0 Å². The Hall–Kier alpha value is -2.73. The van der Waals surface area contributed by atoms with Gasteiger partial charge in [0.1, 0.15) is 0 Å². The third-order valence-corrected chi connectivity index (χ3v) is 4.95. The first kappa shape index (κ1) is 16.7. The number of hydrogen-bond donors (Lipinski definition) is 1. The fourth-order valence-electron chi connectivity index (χ4n) is 3.33. The Morgan fingerprint density at radius 3 is 2.73 bits per heavy atom. The molecule has 1 N–H and O–H groups in total. The fraction of sp³-hybridized carbons (Fsp3) is 0.350. The monoisotopic (exact) mass is 348 g/mol. The van der Waals surface area contributed by atoms with Gasteiger partial charge in [-0.15, -0.1) is 0 Å². The van der Waals surface area contributed by atoms with Crippen molar-refractivity contribution in [2.24, 2.45) is 0 Å². The van der Waals surface area contributed by atoms with E-state index in [0.29, 0.717) is 12.0 Å². The second-order valence-electron chi connectivity index (χ2n) is 6.95. The highest BCUT2D eigenvalue weighted by Gasteiger charge is 2.17. The third kappa shape index (κ3) is 3.60. The molecular weight excluding hydrogens is 324 g/mol. The van der Waals surface area contributed by atoms with E-state index in [1.54, 1.807) is 0 Å². The normalized spacial score (nSPS) is 15.9. The van der Waals surface area contributed by atoms with E-state index in [-0.39, 0.29) is 0 Å². The summed E-state index contributed by atoms with van der Waals surface area (Å²) in [5.41, 5.74) is 4.14. The molecule has 1 aliphatic rings. The number of para-hydroxylation sites is 1. The zero-order valence-electron chi connectivity index (χ0n) is 15.3. The third-order valence-electron chi connectivity index (χ3n) is 4.95. The van der Waals surface area contributed by atoms with Gasteiger partial charge in [0.2, 0.25) is 5.95 Å². The van der Waals surface area contributed by atoms with Crippen LogP contribution in [0.1, 0.15) is 18.4 Å². The highest BCUT2D eigenvalue weighted by molar-refractivity contribution is 5.59. The molecule has 1 fully saturated rings. The average molecular weight is 348 g/mol. The molecule has 0 atom stereocenters. The van der Waals surface area contributed by atoms with Crippen molar-refractivity contribution in [3.63, 3.8) is 0 Å². The summed E-state index contributed by atoms with van der Waals surface area (Å²) in [6, 6.07) is 10.6. The molecule has 134 valence electrons. The molecule has 1 saturated heterocycles. The van der Waals surface area contributed by atoms with Crippen molar-refractivity contribution in [2.45, 2.75) is 25.8 Å². The molecule has 3 aromatic rings. The predicted molar refractivity (Wildman–Crippen MR) is 103 cm³/mol. The zero-order chi connectivity index (χ0) is 17.9. The first-order chi connectivity index (χ1) is 12.7. The zero-order valence-corrected chi connectivity index (χ0v) is 15.3. The van der Waals surface area contributed by atoms with Crippen molar-refractivity contribution >= 4 is 5.95 Å². The molecule has 0 aliphatic carbocycles. The average Bonchev–Trinajstić information content (AvgIpc) is 3.14. The molecule has 4 rings (SSSR count). The van der Waals surface area contributed by atoms with E-state index in [0.717, 1.165) is 42.9 Å². The Labute approximate surface area is 153 Å². The number of rotatable bonds is 4. The SMILES string of the molecule is Cc1ccccc1-n1cc(-c2ccnc(NC3CCN(C)CC3)n2)cn1. The van der Waals surface area contributed by atoms with Crippen LogP contribution in [-0.4, -0.2) is 50.8 Å². The van der Waals surface area contributed by atoms with Crippen LogP contribution in [-0.2, 0) is 0 Å². The maximum Gasteiger partial charge on any atom is 0.223 e. The van der Waals surface area contributed by atoms with E-state index >= 15 is 0 Å². The highest BCUT2D eigenvalue weighted by Crippen LogP contribution is 2.21. The van der Waals surface area contributed by atoms with E-state index in [2.05, 4.69) is 46.4 Å². The van der Waals surface area contributed by atoms with Gasteiger partial charge in [0.25, 0.3) is 0 Å². The summed E-state index contributed by atoms with van der Waals surface area (Å²) in [4.78, 5) is 11.4. The maximum atomic E-state index is 4.70. The van der Waals surface area contributed by atoms with Crippen molar-refractivity contribution in [3.05, 3.63) is 54.5 Å². The Balaban J connectivity index is 1.53. The van der Waals surface area contributed by atoms with Crippen LogP contribution >= 0.6 is 0 Å². The van der Waals surface area contributed by atoms with Crippen molar-refractivity contribution < 1.29 is 0 Å². The Morgan fingerprint density at radius 2 is 1.92 bits per heavy atom. The summed E-state index contributed by atoms with van der Waals surface area (Å²) in [6.45, 7) is 4.31. The van der Waals surface area contributed by atoms with E-state index in [1.165, 1.54) is 5.56 Å². The summed E-state index contributed by atoms with van der Waals surface area (Å²) in [5.74, 6) is 0.695. The number of aryl methyl sites for hydroxylation is 1. The summed E-state index contributed by atoms with van der Waals surface area (Å²) in [5, 5.41) is 7.99. The second-order valence-corrected chi connectivity index (χ2v) is 6.95. The number of piperidine rings is 1. The predicted octanol–water partition coefficient (Wildman–Crippen LogP) is 3.14. The molecule has 0 amide bonds. The summed E-state index contributed by atoms with van der Waals surface area (Å²) >= 11 is 0. The molecule has 26 heavy (non-hydrogen) atoms. The lowest BCUT2D eigenvalue weighted by Crippen LogP contribution is -2.37. The molecule has 2 aromatic heterocycles. The number of aromatic nitrogens is 4. The number of benzene rings is 1. The van der Waals surface area contributed by atoms with Crippen LogP contribution in [0.2, 0.25) is 0 Å². The van der Waals surface area contributed by atoms with Gasteiger partial charge in [-0.05, 0) is 57.6 Å². The van der Waals surface area contributed by atoms with Gasteiger partial charge >= 0.3 is 0 Å². The first-order valence-electron chi connectivity index (χ1n) is 9.08. The van der Waals surface area contributed by atoms with Crippen molar-refractivity contribution in [2.75, 3.05) is 25.5 Å². The van der Waals surface area contributed by atoms with Gasteiger partial charge in [-0.2, -0.15) is 5.10 Å². The van der Waals surface area contributed by atoms with Gasteiger partial charge in [0.15, 0.2) is 0 Å². The van der Waals surface area contributed by atoms with Crippen molar-refractivity contribution in [3.8, 4) is 16.9 Å². The van der Waals surface area contributed by atoms with Gasteiger partial charge in [0, 0.05) is 24.0 Å². The van der Waals surface area contributed by atoms with Crippen LogP contribution in [0.15, 0.2) is 48.9 Å². The molecule has 0 spiro atoms. The molecule has 0 radical (unpaired) electrons. The van der Waals surface area contributed by atoms with Crippen LogP contribution in [0.25, 0.3) is 16.9 Å². The number of likely N-dealkylation sites (tertiary alicyclic amines) is 1. The van der Waals surface area contributed by atoms with E-state index in [4.69, 9.17) is 4.98 Å². The minimum Gasteiger partial charge on any atom is -0.351 e. The fourth-order valence-corrected chi connectivity index (χ4v) is 3.33. The number of nitrogens with zero attached hydrogens (tertiary/aromatic N) is 5. The molecule has 0 saturated carbocycles. The molecule has 6 nitrogen and oxygen atoms in total. The Bertz CT molecular complexity index is 879. The summed E-state index contributed by atoms with van der Waals surface area (Å²) in [6.07, 6.45) is 7.92. The van der Waals surface area contributed by atoms with Gasteiger partial charge in [-0.25, -0.2) is 14.6 Å². The standard InChI is InChI=1S/C20H24N6/c1-15-5-3-4-6-19(15)26-14-16(13-22-26)18-7-10-21-20(24-18)23-17-8-11-25(2)12-9-17/h3-7,10,13-14,17H,8-9,11-12H2,1-2H3,(H,21,23,24). The van der Waals surface area contributed by atoms with Gasteiger partial charge in [-0.1, -0.05) is 18.2 Å². The smallest absolute Gasteiger partial charge is 0.223 e. The lowest BCUT2D eigenvalue weighted by molar-refractivity contribution is 0.263. The Morgan fingerprint density at radius 1 is 1.12 bits per heavy atom. The van der Waals surface area contributed by atoms with E-state index in [9.17, 15) is 0 Å².